The molecular formula is C13H9BrClN3O. The van der Waals surface area contributed by atoms with Crippen molar-refractivity contribution in [3.63, 3.8) is 0 Å². The SMILES string of the molecule is OCc1cccc(-n2ncc3c(Cl)cc(Br)cc32)n1. The van der Waals surface area contributed by atoms with E-state index in [9.17, 15) is 0 Å². The molecule has 0 atom stereocenters. The van der Waals surface area contributed by atoms with E-state index in [0.29, 0.717) is 16.5 Å². The first kappa shape index (κ1) is 12.6. The zero-order chi connectivity index (χ0) is 13.4. The van der Waals surface area contributed by atoms with Gasteiger partial charge in [-0.05, 0) is 24.3 Å². The monoisotopic (exact) mass is 337 g/mol. The molecule has 0 saturated heterocycles. The molecule has 4 nitrogen and oxygen atoms in total. The maximum Gasteiger partial charge on any atom is 0.154 e. The van der Waals surface area contributed by atoms with Gasteiger partial charge in [-0.1, -0.05) is 33.6 Å². The number of rotatable bonds is 2. The van der Waals surface area contributed by atoms with Gasteiger partial charge in [0, 0.05) is 9.86 Å². The maximum atomic E-state index is 9.14. The molecule has 0 amide bonds. The van der Waals surface area contributed by atoms with Crippen LogP contribution in [-0.2, 0) is 6.61 Å². The van der Waals surface area contributed by atoms with Crippen molar-refractivity contribution in [3.8, 4) is 5.82 Å². The van der Waals surface area contributed by atoms with Crippen molar-refractivity contribution >= 4 is 38.4 Å². The molecular weight excluding hydrogens is 330 g/mol. The summed E-state index contributed by atoms with van der Waals surface area (Å²) in [7, 11) is 0. The number of pyridine rings is 1. The second kappa shape index (κ2) is 4.92. The van der Waals surface area contributed by atoms with Gasteiger partial charge in [0.15, 0.2) is 5.82 Å². The smallest absolute Gasteiger partial charge is 0.154 e. The number of halogens is 2. The zero-order valence-corrected chi connectivity index (χ0v) is 12.1. The van der Waals surface area contributed by atoms with Gasteiger partial charge in [0.2, 0.25) is 0 Å². The average molecular weight is 339 g/mol. The predicted molar refractivity (Wildman–Crippen MR) is 77.5 cm³/mol. The summed E-state index contributed by atoms with van der Waals surface area (Å²) in [5.74, 6) is 0.649. The Balaban J connectivity index is 2.25. The van der Waals surface area contributed by atoms with Gasteiger partial charge in [0.1, 0.15) is 0 Å². The molecule has 3 rings (SSSR count). The molecule has 0 aliphatic heterocycles. The van der Waals surface area contributed by atoms with Gasteiger partial charge in [-0.15, -0.1) is 0 Å². The van der Waals surface area contributed by atoms with Crippen LogP contribution in [0.1, 0.15) is 5.69 Å². The first-order valence-electron chi connectivity index (χ1n) is 5.59. The summed E-state index contributed by atoms with van der Waals surface area (Å²) in [6.45, 7) is -0.0997. The number of aliphatic hydroxyl groups excluding tert-OH is 1. The molecule has 0 bridgehead atoms. The van der Waals surface area contributed by atoms with Crippen LogP contribution in [0.15, 0.2) is 41.0 Å². The maximum absolute atomic E-state index is 9.14. The number of benzene rings is 1. The fraction of sp³-hybridized carbons (Fsp3) is 0.0769. The van der Waals surface area contributed by atoms with Crippen molar-refractivity contribution in [2.75, 3.05) is 0 Å². The Bertz CT molecular complexity index is 757. The van der Waals surface area contributed by atoms with E-state index in [4.69, 9.17) is 16.7 Å². The summed E-state index contributed by atoms with van der Waals surface area (Å²) < 4.78 is 2.58. The Morgan fingerprint density at radius 2 is 2.16 bits per heavy atom. The van der Waals surface area contributed by atoms with Crippen molar-refractivity contribution < 1.29 is 5.11 Å². The lowest BCUT2D eigenvalue weighted by Crippen LogP contribution is -2.01. The van der Waals surface area contributed by atoms with Gasteiger partial charge in [0.25, 0.3) is 0 Å². The Kier molecular flexibility index (Phi) is 3.26. The fourth-order valence-electron chi connectivity index (χ4n) is 1.91. The minimum atomic E-state index is -0.0997. The first-order valence-corrected chi connectivity index (χ1v) is 6.76. The second-order valence-corrected chi connectivity index (χ2v) is 5.34. The molecule has 0 aliphatic rings. The van der Waals surface area contributed by atoms with Crippen molar-refractivity contribution in [2.45, 2.75) is 6.61 Å². The van der Waals surface area contributed by atoms with E-state index < -0.39 is 0 Å². The molecule has 0 aliphatic carbocycles. The molecule has 0 spiro atoms. The van der Waals surface area contributed by atoms with E-state index in [0.717, 1.165) is 15.4 Å². The van der Waals surface area contributed by atoms with Crippen LogP contribution in [0.4, 0.5) is 0 Å². The summed E-state index contributed by atoms with van der Waals surface area (Å²) in [6, 6.07) is 9.19. The van der Waals surface area contributed by atoms with E-state index >= 15 is 0 Å². The van der Waals surface area contributed by atoms with Crippen molar-refractivity contribution in [1.29, 1.82) is 0 Å². The largest absolute Gasteiger partial charge is 0.390 e. The highest BCUT2D eigenvalue weighted by molar-refractivity contribution is 9.10. The molecule has 2 aromatic heterocycles. The van der Waals surface area contributed by atoms with Crippen LogP contribution in [0.2, 0.25) is 5.02 Å². The lowest BCUT2D eigenvalue weighted by atomic mass is 10.2. The van der Waals surface area contributed by atoms with E-state index in [2.05, 4.69) is 26.0 Å². The van der Waals surface area contributed by atoms with E-state index in [1.165, 1.54) is 0 Å². The molecule has 1 N–H and O–H groups in total. The predicted octanol–water partition coefficient (Wildman–Crippen LogP) is 3.33. The van der Waals surface area contributed by atoms with Gasteiger partial charge in [-0.3, -0.25) is 0 Å². The number of fused-ring (bicyclic) bond motifs is 1. The highest BCUT2D eigenvalue weighted by Gasteiger charge is 2.10. The normalized spacial score (nSPS) is 11.1. The Labute approximate surface area is 122 Å². The molecule has 3 aromatic rings. The summed E-state index contributed by atoms with van der Waals surface area (Å²) in [4.78, 5) is 4.34. The fourth-order valence-corrected chi connectivity index (χ4v) is 2.75. The minimum absolute atomic E-state index is 0.0997. The third kappa shape index (κ3) is 2.25. The minimum Gasteiger partial charge on any atom is -0.390 e. The van der Waals surface area contributed by atoms with Crippen molar-refractivity contribution in [1.82, 2.24) is 14.8 Å². The van der Waals surface area contributed by atoms with Crippen molar-refractivity contribution in [2.24, 2.45) is 0 Å². The Morgan fingerprint density at radius 1 is 1.32 bits per heavy atom. The van der Waals surface area contributed by atoms with Gasteiger partial charge in [-0.25, -0.2) is 9.67 Å². The summed E-state index contributed by atoms with van der Waals surface area (Å²) in [5, 5.41) is 14.9. The zero-order valence-electron chi connectivity index (χ0n) is 9.72. The number of hydrogen-bond donors (Lipinski definition) is 1. The van der Waals surface area contributed by atoms with Crippen LogP contribution >= 0.6 is 27.5 Å². The van der Waals surface area contributed by atoms with Gasteiger partial charge in [0.05, 0.1) is 29.0 Å². The highest BCUT2D eigenvalue weighted by atomic mass is 79.9. The van der Waals surface area contributed by atoms with Crippen LogP contribution in [0, 0.1) is 0 Å². The second-order valence-electron chi connectivity index (χ2n) is 4.02. The van der Waals surface area contributed by atoms with Crippen molar-refractivity contribution in [3.05, 3.63) is 51.7 Å². The molecule has 0 radical (unpaired) electrons. The van der Waals surface area contributed by atoms with Gasteiger partial charge < -0.3 is 5.11 Å². The van der Waals surface area contributed by atoms with Crippen LogP contribution < -0.4 is 0 Å². The third-order valence-electron chi connectivity index (χ3n) is 2.77. The van der Waals surface area contributed by atoms with E-state index in [1.54, 1.807) is 16.9 Å². The molecule has 6 heteroatoms. The Hall–Kier alpha value is -1.43. The standard InChI is InChI=1S/C13H9BrClN3O/c14-8-4-11(15)10-6-16-18(12(10)5-8)13-3-1-2-9(7-19)17-13/h1-6,19H,7H2. The van der Waals surface area contributed by atoms with Crippen LogP contribution in [0.25, 0.3) is 16.7 Å². The molecule has 2 heterocycles. The summed E-state index contributed by atoms with van der Waals surface area (Å²) in [6.07, 6.45) is 1.71. The first-order chi connectivity index (χ1) is 9.19. The molecule has 19 heavy (non-hydrogen) atoms. The topological polar surface area (TPSA) is 50.9 Å². The lowest BCUT2D eigenvalue weighted by Gasteiger charge is -2.05. The Morgan fingerprint density at radius 3 is 2.95 bits per heavy atom. The average Bonchev–Trinajstić information content (AvgIpc) is 2.82. The highest BCUT2D eigenvalue weighted by Crippen LogP contribution is 2.29. The molecule has 0 saturated carbocycles. The molecule has 96 valence electrons. The molecule has 1 aromatic carbocycles. The van der Waals surface area contributed by atoms with Crippen LogP contribution in [0.5, 0.6) is 0 Å². The third-order valence-corrected chi connectivity index (χ3v) is 3.54. The quantitative estimate of drug-likeness (QED) is 0.780. The summed E-state index contributed by atoms with van der Waals surface area (Å²) >= 11 is 9.59. The van der Waals surface area contributed by atoms with Crippen LogP contribution in [0.3, 0.4) is 0 Å². The number of hydrogen-bond acceptors (Lipinski definition) is 3. The number of nitrogens with zero attached hydrogens (tertiary/aromatic N) is 3. The number of aliphatic hydroxyl groups is 1. The van der Waals surface area contributed by atoms with E-state index in [-0.39, 0.29) is 6.61 Å². The van der Waals surface area contributed by atoms with Gasteiger partial charge in [-0.2, -0.15) is 5.10 Å². The molecule has 0 unspecified atom stereocenters. The summed E-state index contributed by atoms with van der Waals surface area (Å²) in [5.41, 5.74) is 1.46. The lowest BCUT2D eigenvalue weighted by molar-refractivity contribution is 0.276. The molecule has 0 fully saturated rings. The van der Waals surface area contributed by atoms with E-state index in [1.807, 2.05) is 24.3 Å². The van der Waals surface area contributed by atoms with Gasteiger partial charge >= 0.3 is 0 Å². The van der Waals surface area contributed by atoms with Crippen LogP contribution in [-0.4, -0.2) is 19.9 Å². The number of aromatic nitrogens is 3.